The van der Waals surface area contributed by atoms with Crippen molar-refractivity contribution in [3.8, 4) is 11.3 Å². The molecule has 1 aliphatic rings. The number of nitrogens with zero attached hydrogens (tertiary/aromatic N) is 6. The minimum absolute atomic E-state index is 0.242. The number of likely N-dealkylation sites (N-methyl/N-ethyl adjacent to an activating group) is 1. The van der Waals surface area contributed by atoms with E-state index in [9.17, 15) is 9.00 Å². The highest BCUT2D eigenvalue weighted by molar-refractivity contribution is 8.00. The summed E-state index contributed by atoms with van der Waals surface area (Å²) < 4.78 is 14.4. The Hall–Kier alpha value is -3.51. The van der Waals surface area contributed by atoms with Crippen molar-refractivity contribution >= 4 is 55.3 Å². The van der Waals surface area contributed by atoms with Crippen molar-refractivity contribution in [2.45, 2.75) is 25.3 Å². The zero-order valence-corrected chi connectivity index (χ0v) is 26.1. The first-order chi connectivity index (χ1) is 20.1. The third-order valence-electron chi connectivity index (χ3n) is 7.48. The number of anilines is 3. The first-order valence-corrected chi connectivity index (χ1v) is 16.2. The highest BCUT2D eigenvalue weighted by atomic mass is 35.5. The van der Waals surface area contributed by atoms with E-state index in [-0.39, 0.29) is 10.6 Å². The molecule has 4 heterocycles. The van der Waals surface area contributed by atoms with Gasteiger partial charge in [0.25, 0.3) is 5.56 Å². The number of aryl methyl sites for hydroxylation is 1. The second-order valence-corrected chi connectivity index (χ2v) is 13.8. The van der Waals surface area contributed by atoms with Gasteiger partial charge in [0.2, 0.25) is 5.95 Å². The molecule has 4 aromatic rings. The van der Waals surface area contributed by atoms with E-state index >= 15 is 0 Å². The van der Waals surface area contributed by atoms with Crippen LogP contribution >= 0.6 is 11.6 Å². The number of hydrogen-bond donors (Lipinski definition) is 2. The molecule has 0 saturated carbocycles. The van der Waals surface area contributed by atoms with Crippen molar-refractivity contribution in [1.82, 2.24) is 29.7 Å². The third-order valence-corrected chi connectivity index (χ3v) is 9.78. The molecule has 1 unspecified atom stereocenters. The average Bonchev–Trinajstić information content (AvgIpc) is 2.97. The molecule has 10 nitrogen and oxygen atoms in total. The normalized spacial score (nSPS) is 15.2. The SMILES string of the molecule is C=S(=O)(CC)c1cnc(-c2cc3cnc(Nc4ccc(N5CCNCC5)c(C)c4)nc3n(CCN(C)C)c2=O)c(Cl)c1. The van der Waals surface area contributed by atoms with Crippen LogP contribution in [0.5, 0.6) is 0 Å². The molecule has 0 bridgehead atoms. The standard InChI is InChI=1S/C30H37ClN8O2S/c1-6-42(5,41)23-17-25(31)27(33-19-23)24-16-21-18-34-30(36-28(21)39(29(24)40)14-13-37(3)4)35-22-7-8-26(20(2)15-22)38-11-9-32-10-12-38/h7-8,15-19,32H,5-6,9-14H2,1-4H3,(H,34,35,36). The van der Waals surface area contributed by atoms with Crippen LogP contribution in [0.25, 0.3) is 22.3 Å². The van der Waals surface area contributed by atoms with Gasteiger partial charge < -0.3 is 20.4 Å². The van der Waals surface area contributed by atoms with Crippen molar-refractivity contribution in [3.63, 3.8) is 0 Å². The smallest absolute Gasteiger partial charge is 0.261 e. The van der Waals surface area contributed by atoms with Crippen LogP contribution in [0.4, 0.5) is 17.3 Å². The minimum Gasteiger partial charge on any atom is -0.369 e. The van der Waals surface area contributed by atoms with Crippen LogP contribution in [-0.2, 0) is 16.1 Å². The van der Waals surface area contributed by atoms with Crippen molar-refractivity contribution in [3.05, 3.63) is 63.7 Å². The van der Waals surface area contributed by atoms with Gasteiger partial charge in [0.05, 0.1) is 21.2 Å². The Morgan fingerprint density at radius 2 is 1.90 bits per heavy atom. The number of halogens is 1. The predicted molar refractivity (Wildman–Crippen MR) is 174 cm³/mol. The van der Waals surface area contributed by atoms with Gasteiger partial charge >= 0.3 is 0 Å². The van der Waals surface area contributed by atoms with Gasteiger partial charge in [-0.3, -0.25) is 18.6 Å². The van der Waals surface area contributed by atoms with Crippen LogP contribution in [0, 0.1) is 6.92 Å². The summed E-state index contributed by atoms with van der Waals surface area (Å²) in [5.41, 5.74) is 4.15. The summed E-state index contributed by atoms with van der Waals surface area (Å²) in [5.74, 6) is 4.58. The average molecular weight is 609 g/mol. The zero-order valence-electron chi connectivity index (χ0n) is 24.5. The molecule has 3 aromatic heterocycles. The maximum Gasteiger partial charge on any atom is 0.261 e. The van der Waals surface area contributed by atoms with Gasteiger partial charge in [0, 0.05) is 74.2 Å². The molecule has 1 saturated heterocycles. The number of rotatable bonds is 9. The number of piperazine rings is 1. The summed E-state index contributed by atoms with van der Waals surface area (Å²) in [5, 5.41) is 7.62. The van der Waals surface area contributed by atoms with Crippen LogP contribution < -0.4 is 21.1 Å². The maximum absolute atomic E-state index is 13.9. The molecular weight excluding hydrogens is 572 g/mol. The molecular formula is C30H37ClN8O2S. The Morgan fingerprint density at radius 3 is 2.57 bits per heavy atom. The van der Waals surface area contributed by atoms with Crippen LogP contribution in [0.15, 0.2) is 52.4 Å². The second-order valence-electron chi connectivity index (χ2n) is 10.8. The van der Waals surface area contributed by atoms with Crippen molar-refractivity contribution < 1.29 is 4.21 Å². The molecule has 1 aliphatic heterocycles. The molecule has 2 N–H and O–H groups in total. The number of benzene rings is 1. The Bertz CT molecular complexity index is 1780. The number of hydrogen-bond acceptors (Lipinski definition) is 9. The molecule has 0 aliphatic carbocycles. The van der Waals surface area contributed by atoms with Crippen LogP contribution in [0.3, 0.4) is 0 Å². The van der Waals surface area contributed by atoms with Crippen LogP contribution in [0.1, 0.15) is 12.5 Å². The lowest BCUT2D eigenvalue weighted by atomic mass is 10.1. The highest BCUT2D eigenvalue weighted by Crippen LogP contribution is 2.29. The third kappa shape index (κ3) is 6.29. The first kappa shape index (κ1) is 30.0. The second kappa shape index (κ2) is 12.4. The van der Waals surface area contributed by atoms with E-state index in [2.05, 4.69) is 50.4 Å². The summed E-state index contributed by atoms with van der Waals surface area (Å²) in [7, 11) is 1.40. The van der Waals surface area contributed by atoms with Gasteiger partial charge in [-0.05, 0) is 72.3 Å². The van der Waals surface area contributed by atoms with Gasteiger partial charge in [-0.1, -0.05) is 18.5 Å². The largest absolute Gasteiger partial charge is 0.369 e. The summed E-state index contributed by atoms with van der Waals surface area (Å²) >= 11 is 6.60. The molecule has 42 heavy (non-hydrogen) atoms. The van der Waals surface area contributed by atoms with E-state index in [0.717, 1.165) is 31.9 Å². The molecule has 5 rings (SSSR count). The van der Waals surface area contributed by atoms with E-state index in [1.54, 1.807) is 29.8 Å². The molecule has 1 fully saturated rings. The topological polar surface area (TPSA) is 108 Å². The summed E-state index contributed by atoms with van der Waals surface area (Å²) in [6.07, 6.45) is 3.19. The van der Waals surface area contributed by atoms with Gasteiger partial charge in [-0.25, -0.2) is 4.98 Å². The highest BCUT2D eigenvalue weighted by Gasteiger charge is 2.19. The van der Waals surface area contributed by atoms with Gasteiger partial charge in [-0.2, -0.15) is 4.98 Å². The first-order valence-electron chi connectivity index (χ1n) is 14.0. The van der Waals surface area contributed by atoms with E-state index in [0.29, 0.717) is 52.0 Å². The number of aromatic nitrogens is 4. The van der Waals surface area contributed by atoms with E-state index in [1.165, 1.54) is 17.4 Å². The number of pyridine rings is 2. The number of nitrogens with one attached hydrogen (secondary N) is 2. The molecule has 0 spiro atoms. The van der Waals surface area contributed by atoms with E-state index in [4.69, 9.17) is 16.6 Å². The molecule has 12 heteroatoms. The van der Waals surface area contributed by atoms with Gasteiger partial charge in [-0.15, -0.1) is 0 Å². The van der Waals surface area contributed by atoms with E-state index in [1.807, 2.05) is 25.1 Å². The fourth-order valence-electron chi connectivity index (χ4n) is 5.01. The molecule has 1 atom stereocenters. The lowest BCUT2D eigenvalue weighted by Crippen LogP contribution is -2.43. The molecule has 222 valence electrons. The molecule has 1 aromatic carbocycles. The van der Waals surface area contributed by atoms with Gasteiger partial charge in [0.15, 0.2) is 0 Å². The molecule has 0 amide bonds. The monoisotopic (exact) mass is 608 g/mol. The fraction of sp³-hybridized carbons (Fsp3) is 0.367. The van der Waals surface area contributed by atoms with Crippen molar-refractivity contribution in [1.29, 1.82) is 0 Å². The minimum atomic E-state index is -2.50. The number of fused-ring (bicyclic) bond motifs is 1. The van der Waals surface area contributed by atoms with Gasteiger partial charge in [0.1, 0.15) is 5.65 Å². The fourth-order valence-corrected chi connectivity index (χ4v) is 6.25. The predicted octanol–water partition coefficient (Wildman–Crippen LogP) is 3.63. The van der Waals surface area contributed by atoms with Crippen molar-refractivity contribution in [2.24, 2.45) is 0 Å². The lowest BCUT2D eigenvalue weighted by molar-refractivity contribution is 0.384. The van der Waals surface area contributed by atoms with Crippen molar-refractivity contribution in [2.75, 3.05) is 62.8 Å². The molecule has 0 radical (unpaired) electrons. The Balaban J connectivity index is 1.52. The maximum atomic E-state index is 13.9. The van der Waals surface area contributed by atoms with Crippen LogP contribution in [-0.4, -0.2) is 87.1 Å². The van der Waals surface area contributed by atoms with Crippen LogP contribution in [0.2, 0.25) is 5.02 Å². The summed E-state index contributed by atoms with van der Waals surface area (Å²) in [4.78, 5) is 32.5. The quantitative estimate of drug-likeness (QED) is 0.275. The summed E-state index contributed by atoms with van der Waals surface area (Å²) in [6, 6.07) is 9.55. The Kier molecular flexibility index (Phi) is 8.84. The van der Waals surface area contributed by atoms with E-state index < -0.39 is 9.52 Å². The lowest BCUT2D eigenvalue weighted by Gasteiger charge is -2.30. The summed E-state index contributed by atoms with van der Waals surface area (Å²) in [6.45, 7) is 8.85. The zero-order chi connectivity index (χ0) is 30.0. The Morgan fingerprint density at radius 1 is 1.14 bits per heavy atom. The Labute approximate surface area is 251 Å².